The molecule has 1 heterocycles. The van der Waals surface area contributed by atoms with Crippen LogP contribution in [-0.2, 0) is 24.5 Å². The lowest BCUT2D eigenvalue weighted by atomic mass is 10.2. The van der Waals surface area contributed by atoms with Crippen LogP contribution in [-0.4, -0.2) is 36.0 Å². The van der Waals surface area contributed by atoms with Gasteiger partial charge in [-0.15, -0.1) is 0 Å². The summed E-state index contributed by atoms with van der Waals surface area (Å²) in [6, 6.07) is 0. The minimum atomic E-state index is -4.50. The largest absolute Gasteiger partial charge is 0.435 e. The molecule has 0 aliphatic carbocycles. The summed E-state index contributed by atoms with van der Waals surface area (Å²) in [5, 5.41) is 6.09. The van der Waals surface area contributed by atoms with E-state index in [1.807, 2.05) is 0 Å². The van der Waals surface area contributed by atoms with Crippen LogP contribution in [0.1, 0.15) is 11.3 Å². The molecule has 0 aromatic carbocycles. The number of methoxy groups -OCH3 is 1. The summed E-state index contributed by atoms with van der Waals surface area (Å²) in [5.74, 6) is 0.0639. The molecule has 0 bridgehead atoms. The second-order valence-corrected chi connectivity index (χ2v) is 3.80. The fourth-order valence-corrected chi connectivity index (χ4v) is 1.40. The van der Waals surface area contributed by atoms with E-state index >= 15 is 0 Å². The van der Waals surface area contributed by atoms with E-state index in [1.165, 1.54) is 20.4 Å². The third kappa shape index (κ3) is 4.78. The highest BCUT2D eigenvalue weighted by Gasteiger charge is 2.36. The molecule has 0 fully saturated rings. The molecule has 0 aliphatic rings. The molecule has 0 unspecified atom stereocenters. The van der Waals surface area contributed by atoms with Crippen molar-refractivity contribution in [1.82, 2.24) is 15.1 Å². The lowest BCUT2D eigenvalue weighted by Gasteiger charge is -2.06. The van der Waals surface area contributed by atoms with E-state index in [4.69, 9.17) is 10.5 Å². The third-order valence-electron chi connectivity index (χ3n) is 2.21. The Labute approximate surface area is 108 Å². The monoisotopic (exact) mass is 279 g/mol. The Hall–Kier alpha value is -1.77. The van der Waals surface area contributed by atoms with Gasteiger partial charge in [-0.25, -0.2) is 4.99 Å². The van der Waals surface area contributed by atoms with Gasteiger partial charge in [0.05, 0.1) is 13.2 Å². The smallest absolute Gasteiger partial charge is 0.383 e. The zero-order valence-electron chi connectivity index (χ0n) is 10.7. The van der Waals surface area contributed by atoms with Gasteiger partial charge in [0.25, 0.3) is 0 Å². The van der Waals surface area contributed by atoms with E-state index in [0.29, 0.717) is 13.2 Å². The van der Waals surface area contributed by atoms with E-state index in [-0.39, 0.29) is 18.1 Å². The zero-order chi connectivity index (χ0) is 14.5. The molecule has 0 saturated heterocycles. The van der Waals surface area contributed by atoms with Gasteiger partial charge in [-0.2, -0.15) is 18.3 Å². The number of aryl methyl sites for hydroxylation is 1. The number of nitrogens with two attached hydrogens (primary N) is 1. The molecule has 3 N–H and O–H groups in total. The first-order valence-electron chi connectivity index (χ1n) is 5.47. The molecule has 108 valence electrons. The topological polar surface area (TPSA) is 77.5 Å². The van der Waals surface area contributed by atoms with Crippen molar-refractivity contribution in [3.8, 4) is 0 Å². The Morgan fingerprint density at radius 2 is 2.26 bits per heavy atom. The van der Waals surface area contributed by atoms with Crippen LogP contribution in [0.3, 0.4) is 0 Å². The highest BCUT2D eigenvalue weighted by Crippen LogP contribution is 2.30. The van der Waals surface area contributed by atoms with Gasteiger partial charge < -0.3 is 15.8 Å². The van der Waals surface area contributed by atoms with Gasteiger partial charge in [-0.1, -0.05) is 0 Å². The molecule has 0 atom stereocenters. The number of nitrogens with one attached hydrogen (secondary N) is 1. The van der Waals surface area contributed by atoms with Gasteiger partial charge in [0.15, 0.2) is 11.7 Å². The quantitative estimate of drug-likeness (QED) is 0.467. The van der Waals surface area contributed by atoms with Crippen molar-refractivity contribution in [2.75, 3.05) is 20.3 Å². The van der Waals surface area contributed by atoms with Crippen LogP contribution in [0, 0.1) is 0 Å². The van der Waals surface area contributed by atoms with E-state index in [2.05, 4.69) is 15.4 Å². The molecule has 6 nitrogen and oxygen atoms in total. The van der Waals surface area contributed by atoms with Gasteiger partial charge >= 0.3 is 6.18 Å². The van der Waals surface area contributed by atoms with Gasteiger partial charge in [-0.3, -0.25) is 4.68 Å². The van der Waals surface area contributed by atoms with Crippen molar-refractivity contribution in [2.24, 2.45) is 17.8 Å². The average molecular weight is 279 g/mol. The Morgan fingerprint density at radius 1 is 1.58 bits per heavy atom. The van der Waals surface area contributed by atoms with Crippen LogP contribution in [0.4, 0.5) is 13.2 Å². The number of hydrogen-bond acceptors (Lipinski definition) is 3. The number of rotatable bonds is 5. The molecule has 0 saturated carbocycles. The van der Waals surface area contributed by atoms with E-state index in [0.717, 1.165) is 4.68 Å². The van der Waals surface area contributed by atoms with Gasteiger partial charge in [-0.05, 0) is 0 Å². The summed E-state index contributed by atoms with van der Waals surface area (Å²) < 4.78 is 43.8. The summed E-state index contributed by atoms with van der Waals surface area (Å²) >= 11 is 0. The second-order valence-electron chi connectivity index (χ2n) is 3.80. The first kappa shape index (κ1) is 15.3. The third-order valence-corrected chi connectivity index (χ3v) is 2.21. The number of hydrogen-bond donors (Lipinski definition) is 2. The average Bonchev–Trinajstić information content (AvgIpc) is 2.68. The van der Waals surface area contributed by atoms with Crippen molar-refractivity contribution >= 4 is 5.96 Å². The van der Waals surface area contributed by atoms with Crippen LogP contribution in [0.25, 0.3) is 0 Å². The van der Waals surface area contributed by atoms with Crippen molar-refractivity contribution in [3.05, 3.63) is 17.5 Å². The summed E-state index contributed by atoms with van der Waals surface area (Å²) in [7, 11) is 2.95. The maximum absolute atomic E-state index is 12.6. The number of guanidine groups is 1. The van der Waals surface area contributed by atoms with Crippen LogP contribution < -0.4 is 11.1 Å². The first-order chi connectivity index (χ1) is 8.84. The van der Waals surface area contributed by atoms with Crippen molar-refractivity contribution < 1.29 is 17.9 Å². The highest BCUT2D eigenvalue weighted by atomic mass is 19.4. The molecular formula is C10H16F3N5O. The maximum Gasteiger partial charge on any atom is 0.435 e. The Bertz CT molecular complexity index is 441. The van der Waals surface area contributed by atoms with Crippen molar-refractivity contribution in [1.29, 1.82) is 0 Å². The highest BCUT2D eigenvalue weighted by molar-refractivity contribution is 5.77. The van der Waals surface area contributed by atoms with Gasteiger partial charge in [0.2, 0.25) is 0 Å². The van der Waals surface area contributed by atoms with E-state index in [1.54, 1.807) is 0 Å². The Kier molecular flexibility index (Phi) is 5.16. The number of alkyl halides is 3. The number of halogens is 3. The van der Waals surface area contributed by atoms with Crippen LogP contribution >= 0.6 is 0 Å². The summed E-state index contributed by atoms with van der Waals surface area (Å²) in [4.78, 5) is 3.83. The molecule has 0 amide bonds. The Balaban J connectivity index is 2.69. The standard InChI is InChI=1S/C10H16F3N5O/c1-18-6-7(8(17-18)10(11,12)13)5-16-9(14)15-3-4-19-2/h6H,3-5H2,1-2H3,(H3,14,15,16). The number of aliphatic imine (C=N–C) groups is 1. The predicted octanol–water partition coefficient (Wildman–Crippen LogP) is 0.490. The lowest BCUT2D eigenvalue weighted by Crippen LogP contribution is -2.34. The molecule has 1 rings (SSSR count). The normalized spacial score (nSPS) is 12.8. The lowest BCUT2D eigenvalue weighted by molar-refractivity contribution is -0.142. The molecule has 1 aromatic rings. The summed E-state index contributed by atoms with van der Waals surface area (Å²) in [6.07, 6.45) is -3.22. The number of nitrogens with zero attached hydrogens (tertiary/aromatic N) is 3. The first-order valence-corrected chi connectivity index (χ1v) is 5.47. The summed E-state index contributed by atoms with van der Waals surface area (Å²) in [5.41, 5.74) is 4.54. The second kappa shape index (κ2) is 6.41. The molecule has 1 aromatic heterocycles. The fraction of sp³-hybridized carbons (Fsp3) is 0.600. The molecule has 0 radical (unpaired) electrons. The van der Waals surface area contributed by atoms with Crippen molar-refractivity contribution in [2.45, 2.75) is 12.7 Å². The molecule has 0 spiro atoms. The van der Waals surface area contributed by atoms with Crippen LogP contribution in [0.2, 0.25) is 0 Å². The molecule has 19 heavy (non-hydrogen) atoms. The zero-order valence-corrected chi connectivity index (χ0v) is 10.7. The van der Waals surface area contributed by atoms with Crippen LogP contribution in [0.15, 0.2) is 11.2 Å². The number of aromatic nitrogens is 2. The minimum Gasteiger partial charge on any atom is -0.383 e. The Morgan fingerprint density at radius 3 is 2.84 bits per heavy atom. The number of ether oxygens (including phenoxy) is 1. The molecule has 0 aliphatic heterocycles. The molecule has 9 heteroatoms. The predicted molar refractivity (Wildman–Crippen MR) is 63.4 cm³/mol. The van der Waals surface area contributed by atoms with Gasteiger partial charge in [0.1, 0.15) is 0 Å². The maximum atomic E-state index is 12.6. The SMILES string of the molecule is COCCNC(N)=NCc1cn(C)nc1C(F)(F)F. The van der Waals surface area contributed by atoms with E-state index in [9.17, 15) is 13.2 Å². The minimum absolute atomic E-state index is 0.0218. The fourth-order valence-electron chi connectivity index (χ4n) is 1.40. The van der Waals surface area contributed by atoms with Crippen molar-refractivity contribution in [3.63, 3.8) is 0 Å². The van der Waals surface area contributed by atoms with Gasteiger partial charge in [0, 0.05) is 32.5 Å². The van der Waals surface area contributed by atoms with E-state index < -0.39 is 11.9 Å². The molecular weight excluding hydrogens is 263 g/mol. The summed E-state index contributed by atoms with van der Waals surface area (Å²) in [6.45, 7) is 0.677. The van der Waals surface area contributed by atoms with Crippen LogP contribution in [0.5, 0.6) is 0 Å².